The van der Waals surface area contributed by atoms with Crippen molar-refractivity contribution in [3.63, 3.8) is 0 Å². The second kappa shape index (κ2) is 11.4. The van der Waals surface area contributed by atoms with E-state index in [1.807, 2.05) is 41.5 Å². The Morgan fingerprint density at radius 1 is 0.727 bits per heavy atom. The predicted molar refractivity (Wildman–Crippen MR) is 135 cm³/mol. The topological polar surface area (TPSA) is 116 Å². The first-order valence-electron chi connectivity index (χ1n) is 11.1. The molecule has 0 saturated carbocycles. The van der Waals surface area contributed by atoms with Crippen LogP contribution in [0.3, 0.4) is 0 Å². The zero-order valence-corrected chi connectivity index (χ0v) is 23.2. The summed E-state index contributed by atoms with van der Waals surface area (Å²) in [6.07, 6.45) is 0. The summed E-state index contributed by atoms with van der Waals surface area (Å²) in [6, 6.07) is -0.817. The Morgan fingerprint density at radius 3 is 1.58 bits per heavy atom. The molecule has 0 aromatic heterocycles. The van der Waals surface area contributed by atoms with E-state index in [9.17, 15) is 19.2 Å². The summed E-state index contributed by atoms with van der Waals surface area (Å²) in [5.74, 6) is -1.13. The summed E-state index contributed by atoms with van der Waals surface area (Å²) >= 11 is 1.17. The molecule has 1 unspecified atom stereocenters. The fourth-order valence-electron chi connectivity index (χ4n) is 2.10. The summed E-state index contributed by atoms with van der Waals surface area (Å²) < 4.78 is 0. The van der Waals surface area contributed by atoms with Crippen molar-refractivity contribution in [2.24, 2.45) is 10.8 Å². The van der Waals surface area contributed by atoms with Crippen molar-refractivity contribution in [1.29, 1.82) is 0 Å². The van der Waals surface area contributed by atoms with Gasteiger partial charge in [-0.3, -0.25) is 19.2 Å². The summed E-state index contributed by atoms with van der Waals surface area (Å²) in [6.45, 7) is 21.7. The van der Waals surface area contributed by atoms with E-state index in [0.717, 1.165) is 0 Å². The van der Waals surface area contributed by atoms with Gasteiger partial charge in [-0.2, -0.15) is 0 Å². The van der Waals surface area contributed by atoms with Gasteiger partial charge < -0.3 is 21.3 Å². The van der Waals surface area contributed by atoms with Gasteiger partial charge in [0, 0.05) is 33.1 Å². The maximum Gasteiger partial charge on any atom is 0.268 e. The van der Waals surface area contributed by atoms with Crippen molar-refractivity contribution >= 4 is 35.4 Å². The van der Waals surface area contributed by atoms with E-state index in [1.54, 1.807) is 41.5 Å². The molecular weight excluding hydrogens is 440 g/mol. The number of hydrogen-bond donors (Lipinski definition) is 4. The number of amides is 4. The molecular formula is C24H44N4O4S. The molecule has 4 N–H and O–H groups in total. The van der Waals surface area contributed by atoms with Crippen LogP contribution in [-0.2, 0) is 19.2 Å². The highest BCUT2D eigenvalue weighted by Crippen LogP contribution is 2.17. The lowest BCUT2D eigenvalue weighted by atomic mass is 9.95. The second-order valence-corrected chi connectivity index (χ2v) is 13.2. The van der Waals surface area contributed by atoms with Gasteiger partial charge in [-0.25, -0.2) is 0 Å². The Labute approximate surface area is 203 Å². The Kier molecular flexibility index (Phi) is 10.7. The van der Waals surface area contributed by atoms with Crippen LogP contribution >= 0.6 is 11.8 Å². The molecule has 0 fully saturated rings. The van der Waals surface area contributed by atoms with Crippen LogP contribution in [0, 0.1) is 10.8 Å². The second-order valence-electron chi connectivity index (χ2n) is 12.3. The lowest BCUT2D eigenvalue weighted by Crippen LogP contribution is -2.54. The fourth-order valence-corrected chi connectivity index (χ4v) is 2.96. The predicted octanol–water partition coefficient (Wildman–Crippen LogP) is 3.08. The zero-order chi connectivity index (χ0) is 26.4. The average Bonchev–Trinajstić information content (AvgIpc) is 2.54. The maximum absolute atomic E-state index is 12.8. The highest BCUT2D eigenvalue weighted by Gasteiger charge is 2.30. The first-order chi connectivity index (χ1) is 14.5. The molecule has 4 amide bonds. The molecule has 0 aliphatic carbocycles. The molecule has 0 aliphatic heterocycles. The van der Waals surface area contributed by atoms with Gasteiger partial charge >= 0.3 is 0 Å². The molecule has 0 aromatic rings. The van der Waals surface area contributed by atoms with Gasteiger partial charge in [0.15, 0.2) is 0 Å². The summed E-state index contributed by atoms with van der Waals surface area (Å²) in [5, 5.41) is 12.7. The van der Waals surface area contributed by atoms with Gasteiger partial charge in [-0.15, -0.1) is 11.8 Å². The number of carbonyl (C=O) groups is 4. The van der Waals surface area contributed by atoms with E-state index in [1.165, 1.54) is 17.2 Å². The first-order valence-corrected chi connectivity index (χ1v) is 12.2. The lowest BCUT2D eigenvalue weighted by Gasteiger charge is -2.27. The molecule has 8 nitrogen and oxygen atoms in total. The quantitative estimate of drug-likeness (QED) is 0.415. The van der Waals surface area contributed by atoms with Gasteiger partial charge in [0.05, 0.1) is 0 Å². The van der Waals surface area contributed by atoms with Crippen LogP contribution in [0.25, 0.3) is 0 Å². The minimum Gasteiger partial charge on any atom is -0.350 e. The molecule has 0 heterocycles. The highest BCUT2D eigenvalue weighted by atomic mass is 32.2. The first kappa shape index (κ1) is 31.0. The Balaban J connectivity index is 5.74. The van der Waals surface area contributed by atoms with Crippen molar-refractivity contribution in [3.05, 3.63) is 11.1 Å². The van der Waals surface area contributed by atoms with E-state index in [4.69, 9.17) is 0 Å². The molecule has 0 spiro atoms. The Bertz CT molecular complexity index is 763. The number of rotatable bonds is 7. The normalized spacial score (nSPS) is 14.2. The molecule has 9 heteroatoms. The van der Waals surface area contributed by atoms with Gasteiger partial charge in [-0.1, -0.05) is 41.5 Å². The monoisotopic (exact) mass is 484 g/mol. The van der Waals surface area contributed by atoms with E-state index in [2.05, 4.69) is 21.3 Å². The van der Waals surface area contributed by atoms with Crippen LogP contribution in [-0.4, -0.2) is 46.5 Å². The smallest absolute Gasteiger partial charge is 0.268 e. The third-order valence-corrected chi connectivity index (χ3v) is 4.86. The number of carbonyl (C=O) groups excluding carboxylic acids is 4. The van der Waals surface area contributed by atoms with Crippen LogP contribution < -0.4 is 21.3 Å². The number of hydrogen-bond acceptors (Lipinski definition) is 5. The van der Waals surface area contributed by atoms with Gasteiger partial charge in [0.1, 0.15) is 11.7 Å². The summed E-state index contributed by atoms with van der Waals surface area (Å²) in [5.41, 5.74) is -2.24. The molecule has 0 bridgehead atoms. The van der Waals surface area contributed by atoms with E-state index < -0.39 is 33.9 Å². The highest BCUT2D eigenvalue weighted by molar-refractivity contribution is 8.02. The van der Waals surface area contributed by atoms with Crippen LogP contribution in [0.1, 0.15) is 83.1 Å². The maximum atomic E-state index is 12.8. The van der Waals surface area contributed by atoms with Crippen LogP contribution in [0.4, 0.5) is 0 Å². The molecule has 1 atom stereocenters. The Hall–Kier alpha value is -2.03. The summed E-state index contributed by atoms with van der Waals surface area (Å²) in [4.78, 5) is 50.6. The van der Waals surface area contributed by atoms with Gasteiger partial charge in [0.25, 0.3) is 5.91 Å². The SMILES string of the molecule is CC(C)(C)NC(=O)C(=CSCC(NC(=O)C(C)(C)C)C(=O)NC(C)(C)C)NC(=O)C(C)(C)C. The molecule has 190 valence electrons. The zero-order valence-electron chi connectivity index (χ0n) is 22.4. The van der Waals surface area contributed by atoms with E-state index in [0.29, 0.717) is 0 Å². The minimum absolute atomic E-state index is 0.0898. The molecule has 33 heavy (non-hydrogen) atoms. The molecule has 0 rings (SSSR count). The third kappa shape index (κ3) is 13.3. The minimum atomic E-state index is -0.817. The van der Waals surface area contributed by atoms with Crippen molar-refractivity contribution in [3.8, 4) is 0 Å². The van der Waals surface area contributed by atoms with Crippen LogP contribution in [0.15, 0.2) is 11.1 Å². The van der Waals surface area contributed by atoms with Gasteiger partial charge in [0.2, 0.25) is 17.7 Å². The van der Waals surface area contributed by atoms with Gasteiger partial charge in [-0.05, 0) is 41.5 Å². The standard InChI is InChI=1S/C24H44N4O4S/c1-21(2,3)19(31)25-15(17(29)27-23(7,8)9)13-33-14-16(18(30)28-24(10,11)12)26-20(32)22(4,5)6/h13,16H,14H2,1-12H3,(H,25,31)(H,26,32)(H,27,29)(H,28,30). The lowest BCUT2D eigenvalue weighted by molar-refractivity contribution is -0.133. The molecule has 0 aromatic carbocycles. The number of nitrogens with one attached hydrogen (secondary N) is 4. The van der Waals surface area contributed by atoms with Crippen molar-refractivity contribution in [2.45, 2.75) is 100 Å². The molecule has 0 radical (unpaired) electrons. The van der Waals surface area contributed by atoms with E-state index in [-0.39, 0.29) is 29.2 Å². The number of thioether (sulfide) groups is 1. The molecule has 0 saturated heterocycles. The Morgan fingerprint density at radius 2 is 1.18 bits per heavy atom. The molecule has 0 aliphatic rings. The fraction of sp³-hybridized carbons (Fsp3) is 0.750. The third-order valence-electron chi connectivity index (χ3n) is 3.93. The van der Waals surface area contributed by atoms with Crippen LogP contribution in [0.5, 0.6) is 0 Å². The van der Waals surface area contributed by atoms with Crippen molar-refractivity contribution < 1.29 is 19.2 Å². The average molecular weight is 485 g/mol. The van der Waals surface area contributed by atoms with Crippen molar-refractivity contribution in [1.82, 2.24) is 21.3 Å². The largest absolute Gasteiger partial charge is 0.350 e. The summed E-state index contributed by atoms with van der Waals surface area (Å²) in [7, 11) is 0. The van der Waals surface area contributed by atoms with Crippen LogP contribution in [0.2, 0.25) is 0 Å². The van der Waals surface area contributed by atoms with E-state index >= 15 is 0 Å². The van der Waals surface area contributed by atoms with Crippen molar-refractivity contribution in [2.75, 3.05) is 5.75 Å².